The van der Waals surface area contributed by atoms with E-state index in [1.807, 2.05) is 24.3 Å². The maximum Gasteiger partial charge on any atom is 0.335 e. The van der Waals surface area contributed by atoms with Crippen molar-refractivity contribution < 1.29 is 58.2 Å². The molecule has 1 heterocycles. The van der Waals surface area contributed by atoms with Crippen molar-refractivity contribution in [1.82, 2.24) is 0 Å². The number of esters is 3. The Morgan fingerprint density at radius 2 is 0.724 bits per heavy atom. The van der Waals surface area contributed by atoms with Crippen molar-refractivity contribution in [3.05, 3.63) is 146 Å². The summed E-state index contributed by atoms with van der Waals surface area (Å²) >= 11 is 0. The highest BCUT2D eigenvalue weighted by molar-refractivity contribution is 5.74. The van der Waals surface area contributed by atoms with E-state index < -0.39 is 73.9 Å². The largest absolute Gasteiger partial charge is 0.479 e. The van der Waals surface area contributed by atoms with Gasteiger partial charge in [-0.25, -0.2) is 4.79 Å². The van der Waals surface area contributed by atoms with Crippen LogP contribution in [0.4, 0.5) is 0 Å². The molecule has 6 atom stereocenters. The number of carbonyl (C=O) groups excluding carboxylic acids is 3. The Morgan fingerprint density at radius 1 is 0.391 bits per heavy atom. The molecule has 0 radical (unpaired) electrons. The van der Waals surface area contributed by atoms with Crippen LogP contribution in [0.5, 0.6) is 0 Å². The Hall–Kier alpha value is -5.40. The lowest BCUT2D eigenvalue weighted by atomic mass is 9.98. The average molecular weight is 1210 g/mol. The van der Waals surface area contributed by atoms with E-state index >= 15 is 0 Å². The van der Waals surface area contributed by atoms with Crippen molar-refractivity contribution in [2.24, 2.45) is 0 Å². The van der Waals surface area contributed by atoms with Gasteiger partial charge >= 0.3 is 23.9 Å². The van der Waals surface area contributed by atoms with E-state index in [0.717, 1.165) is 89.9 Å². The third-order valence-electron chi connectivity index (χ3n) is 14.4. The fourth-order valence-electron chi connectivity index (χ4n) is 9.36. The van der Waals surface area contributed by atoms with Gasteiger partial charge in [0.15, 0.2) is 24.6 Å². The maximum absolute atomic E-state index is 13.2. The number of unbranched alkanes of at least 4 members (excludes halogenated alkanes) is 18. The topological polar surface area (TPSA) is 175 Å². The molecule has 6 unspecified atom stereocenters. The zero-order valence-electron chi connectivity index (χ0n) is 54.2. The summed E-state index contributed by atoms with van der Waals surface area (Å²) in [7, 11) is 0. The quantitative estimate of drug-likeness (QED) is 0.0228. The number of carboxylic acid groups (broad SMARTS) is 1. The second kappa shape index (κ2) is 60.9. The number of carboxylic acids is 1. The van der Waals surface area contributed by atoms with Crippen molar-refractivity contribution >= 4 is 23.9 Å². The summed E-state index contributed by atoms with van der Waals surface area (Å²) in [6.07, 6.45) is 75.5. The number of hydrogen-bond donors (Lipinski definition) is 3. The molecule has 0 aromatic carbocycles. The standard InChI is InChI=1S/C75H118O12/c1-4-7-10-13-16-19-22-25-28-31-34-37-40-43-46-49-52-55-58-61-67(76)83-64-66(85-68(77)62-59-56-53-50-47-44-41-38-35-32-29-26-23-20-17-14-11-8-5-2)65-84-75-73(71(80)70(79)72(87-75)74(81)82)86-69(78)63-60-57-54-51-48-45-42-39-36-33-30-27-24-21-18-15-12-9-6-3/h7-8,10-11,16-17,19-20,25-26,28-29,34-35,37-38,43-44,46-47,52-53,55-56,66,70-73,75,79-80H,4-6,9,12-15,18,21-24,27,30-33,36,39-42,45,48-51,54,57-65H2,1-3H3,(H,81,82)/b10-7-,11-8-,19-16-,20-17-,28-25-,29-26-,37-34-,38-35-,46-43-,47-44-,55-52-,56-53-. The first kappa shape index (κ1) is 79.6. The number of hydrogen-bond acceptors (Lipinski definition) is 11. The van der Waals surface area contributed by atoms with Gasteiger partial charge in [-0.3, -0.25) is 14.4 Å². The van der Waals surface area contributed by atoms with Crippen LogP contribution in [0, 0.1) is 0 Å². The smallest absolute Gasteiger partial charge is 0.335 e. The van der Waals surface area contributed by atoms with E-state index in [-0.39, 0.29) is 19.3 Å². The van der Waals surface area contributed by atoms with E-state index in [4.69, 9.17) is 23.7 Å². The highest BCUT2D eigenvalue weighted by atomic mass is 16.7. The van der Waals surface area contributed by atoms with Crippen molar-refractivity contribution in [2.45, 2.75) is 289 Å². The van der Waals surface area contributed by atoms with Gasteiger partial charge in [0.25, 0.3) is 0 Å². The first-order valence-electron chi connectivity index (χ1n) is 33.8. The molecule has 0 aromatic heterocycles. The molecule has 1 aliphatic rings. The number of allylic oxidation sites excluding steroid dienone is 24. The molecule has 0 amide bonds. The SMILES string of the molecule is CC/C=C\C/C=C\C/C=C\C/C=C\C/C=C\C/C=C\CCC(=O)OCC(COC1OC(C(=O)O)C(O)C(O)C1OC(=O)CCCCCCCCCCCCCCCCCCCCC)OC(=O)CC/C=C\C/C=C\C/C=C\C/C=C\C/C=C\C/C=C\CC. The summed E-state index contributed by atoms with van der Waals surface area (Å²) in [5, 5.41) is 31.6. The molecule has 12 nitrogen and oxygen atoms in total. The predicted octanol–water partition coefficient (Wildman–Crippen LogP) is 18.7. The lowest BCUT2D eigenvalue weighted by molar-refractivity contribution is -0.301. The summed E-state index contributed by atoms with van der Waals surface area (Å²) in [4.78, 5) is 51.4. The Balaban J connectivity index is 2.74. The molecule has 1 aliphatic heterocycles. The molecule has 490 valence electrons. The van der Waals surface area contributed by atoms with Crippen LogP contribution in [0.1, 0.15) is 252 Å². The normalized spacial score (nSPS) is 18.3. The van der Waals surface area contributed by atoms with Gasteiger partial charge in [0.1, 0.15) is 18.8 Å². The molecule has 1 saturated heterocycles. The Labute approximate surface area is 527 Å². The summed E-state index contributed by atoms with van der Waals surface area (Å²) in [5.74, 6) is -3.36. The number of carbonyl (C=O) groups is 4. The molecule has 0 saturated carbocycles. The van der Waals surface area contributed by atoms with Crippen LogP contribution < -0.4 is 0 Å². The lowest BCUT2D eigenvalue weighted by Crippen LogP contribution is -2.61. The summed E-state index contributed by atoms with van der Waals surface area (Å²) in [6, 6.07) is 0. The molecule has 1 fully saturated rings. The van der Waals surface area contributed by atoms with E-state index in [0.29, 0.717) is 32.1 Å². The summed E-state index contributed by atoms with van der Waals surface area (Å²) in [6.45, 7) is 5.66. The van der Waals surface area contributed by atoms with Gasteiger partial charge in [0, 0.05) is 19.3 Å². The van der Waals surface area contributed by atoms with Crippen LogP contribution in [-0.2, 0) is 42.9 Å². The molecule has 3 N–H and O–H groups in total. The Bertz CT molecular complexity index is 2070. The molecule has 0 aromatic rings. The van der Waals surface area contributed by atoms with Crippen molar-refractivity contribution in [3.63, 3.8) is 0 Å². The average Bonchev–Trinajstić information content (AvgIpc) is 2.56. The van der Waals surface area contributed by atoms with Gasteiger partial charge in [0.2, 0.25) is 0 Å². The Morgan fingerprint density at radius 3 is 1.08 bits per heavy atom. The monoisotopic (exact) mass is 1210 g/mol. The maximum atomic E-state index is 13.2. The minimum Gasteiger partial charge on any atom is -0.479 e. The number of aliphatic hydroxyl groups excluding tert-OH is 2. The van der Waals surface area contributed by atoms with E-state index in [9.17, 15) is 34.5 Å². The van der Waals surface area contributed by atoms with E-state index in [1.54, 1.807) is 0 Å². The van der Waals surface area contributed by atoms with Crippen molar-refractivity contribution in [3.8, 4) is 0 Å². The fraction of sp³-hybridized carbons (Fsp3) is 0.627. The van der Waals surface area contributed by atoms with Gasteiger partial charge in [-0.05, 0) is 96.3 Å². The molecule has 1 rings (SSSR count). The fourth-order valence-corrected chi connectivity index (χ4v) is 9.36. The van der Waals surface area contributed by atoms with E-state index in [1.165, 1.54) is 89.9 Å². The molecule has 0 aliphatic carbocycles. The molecule has 12 heteroatoms. The summed E-state index contributed by atoms with van der Waals surface area (Å²) in [5.41, 5.74) is 0. The molecule has 0 spiro atoms. The number of ether oxygens (including phenoxy) is 5. The highest BCUT2D eigenvalue weighted by Crippen LogP contribution is 2.26. The van der Waals surface area contributed by atoms with Crippen LogP contribution in [0.3, 0.4) is 0 Å². The zero-order chi connectivity index (χ0) is 63.1. The van der Waals surface area contributed by atoms with Crippen LogP contribution in [0.25, 0.3) is 0 Å². The van der Waals surface area contributed by atoms with Crippen LogP contribution in [-0.4, -0.2) is 89.2 Å². The second-order valence-electron chi connectivity index (χ2n) is 22.3. The number of aliphatic carboxylic acids is 1. The first-order valence-corrected chi connectivity index (χ1v) is 33.8. The Kier molecular flexibility index (Phi) is 55.7. The van der Waals surface area contributed by atoms with Gasteiger partial charge in [-0.15, -0.1) is 0 Å². The third kappa shape index (κ3) is 50.2. The molecule has 0 bridgehead atoms. The zero-order valence-corrected chi connectivity index (χ0v) is 54.2. The van der Waals surface area contributed by atoms with E-state index in [2.05, 4.69) is 142 Å². The molecular formula is C75H118O12. The third-order valence-corrected chi connectivity index (χ3v) is 14.4. The van der Waals surface area contributed by atoms with Gasteiger partial charge in [-0.1, -0.05) is 282 Å². The lowest BCUT2D eigenvalue weighted by Gasteiger charge is -2.40. The highest BCUT2D eigenvalue weighted by Gasteiger charge is 2.50. The number of rotatable bonds is 56. The van der Waals surface area contributed by atoms with Gasteiger partial charge < -0.3 is 39.0 Å². The number of aliphatic hydroxyl groups is 2. The predicted molar refractivity (Wildman–Crippen MR) is 358 cm³/mol. The summed E-state index contributed by atoms with van der Waals surface area (Å²) < 4.78 is 28.4. The second-order valence-corrected chi connectivity index (χ2v) is 22.3. The van der Waals surface area contributed by atoms with Crippen molar-refractivity contribution in [2.75, 3.05) is 13.2 Å². The first-order chi connectivity index (χ1) is 42.6. The van der Waals surface area contributed by atoms with Gasteiger partial charge in [-0.2, -0.15) is 0 Å². The van der Waals surface area contributed by atoms with Gasteiger partial charge in [0.05, 0.1) is 6.61 Å². The van der Waals surface area contributed by atoms with Crippen LogP contribution >= 0.6 is 0 Å². The minimum absolute atomic E-state index is 0.0148. The molecular weight excluding hydrogens is 1090 g/mol. The van der Waals surface area contributed by atoms with Crippen molar-refractivity contribution in [1.29, 1.82) is 0 Å². The van der Waals surface area contributed by atoms with Crippen LogP contribution in [0.15, 0.2) is 146 Å². The molecule has 87 heavy (non-hydrogen) atoms. The van der Waals surface area contributed by atoms with Crippen LogP contribution in [0.2, 0.25) is 0 Å². The minimum atomic E-state index is -1.93.